The lowest BCUT2D eigenvalue weighted by Crippen LogP contribution is -2.15. The van der Waals surface area contributed by atoms with Crippen molar-refractivity contribution in [3.05, 3.63) is 53.1 Å². The summed E-state index contributed by atoms with van der Waals surface area (Å²) in [5.74, 6) is 0.895. The Labute approximate surface area is 121 Å². The van der Waals surface area contributed by atoms with Crippen molar-refractivity contribution in [3.63, 3.8) is 0 Å². The third-order valence-corrected chi connectivity index (χ3v) is 4.13. The highest BCUT2D eigenvalue weighted by molar-refractivity contribution is 5.42. The molecule has 0 N–H and O–H groups in total. The molecule has 2 nitrogen and oxygen atoms in total. The summed E-state index contributed by atoms with van der Waals surface area (Å²) >= 11 is 0. The topological polar surface area (TPSA) is 18.5 Å². The first-order valence-corrected chi connectivity index (χ1v) is 7.53. The molecule has 2 aliphatic rings. The molecule has 1 aromatic carbocycles. The molecule has 0 spiro atoms. The van der Waals surface area contributed by atoms with E-state index in [-0.39, 0.29) is 6.10 Å². The second kappa shape index (κ2) is 6.27. The van der Waals surface area contributed by atoms with Crippen LogP contribution in [0.5, 0.6) is 5.75 Å². The van der Waals surface area contributed by atoms with Crippen LogP contribution >= 0.6 is 0 Å². The SMILES string of the molecule is COc1ccc(C2OCCC=C2C2=CCCCC2)cc1. The van der Waals surface area contributed by atoms with Gasteiger partial charge in [0.25, 0.3) is 0 Å². The van der Waals surface area contributed by atoms with Crippen molar-refractivity contribution < 1.29 is 9.47 Å². The van der Waals surface area contributed by atoms with E-state index in [1.54, 1.807) is 7.11 Å². The summed E-state index contributed by atoms with van der Waals surface area (Å²) in [4.78, 5) is 0. The fraction of sp³-hybridized carbons (Fsp3) is 0.444. The van der Waals surface area contributed by atoms with E-state index in [4.69, 9.17) is 9.47 Å². The Kier molecular flexibility index (Phi) is 4.22. The Balaban J connectivity index is 1.87. The minimum Gasteiger partial charge on any atom is -0.497 e. The van der Waals surface area contributed by atoms with E-state index in [2.05, 4.69) is 24.3 Å². The van der Waals surface area contributed by atoms with Crippen molar-refractivity contribution in [2.24, 2.45) is 0 Å². The molecule has 106 valence electrons. The number of hydrogen-bond donors (Lipinski definition) is 0. The summed E-state index contributed by atoms with van der Waals surface area (Å²) in [5, 5.41) is 0. The number of ether oxygens (including phenoxy) is 2. The lowest BCUT2D eigenvalue weighted by molar-refractivity contribution is 0.0718. The summed E-state index contributed by atoms with van der Waals surface area (Å²) in [6.45, 7) is 0.813. The quantitative estimate of drug-likeness (QED) is 0.800. The van der Waals surface area contributed by atoms with Crippen LogP contribution in [0.15, 0.2) is 47.6 Å². The molecule has 20 heavy (non-hydrogen) atoms. The van der Waals surface area contributed by atoms with Crippen molar-refractivity contribution in [1.29, 1.82) is 0 Å². The van der Waals surface area contributed by atoms with Gasteiger partial charge in [-0.25, -0.2) is 0 Å². The number of hydrogen-bond acceptors (Lipinski definition) is 2. The smallest absolute Gasteiger partial charge is 0.118 e. The molecule has 0 radical (unpaired) electrons. The van der Waals surface area contributed by atoms with E-state index in [0.717, 1.165) is 18.8 Å². The predicted octanol–water partition coefficient (Wildman–Crippen LogP) is 4.58. The Morgan fingerprint density at radius 2 is 1.90 bits per heavy atom. The van der Waals surface area contributed by atoms with Crippen LogP contribution in [-0.2, 0) is 4.74 Å². The van der Waals surface area contributed by atoms with Gasteiger partial charge in [0, 0.05) is 0 Å². The summed E-state index contributed by atoms with van der Waals surface area (Å²) in [6, 6.07) is 8.26. The molecule has 1 heterocycles. The monoisotopic (exact) mass is 270 g/mol. The molecular formula is C18H22O2. The Bertz CT molecular complexity index is 511. The maximum Gasteiger partial charge on any atom is 0.118 e. The highest BCUT2D eigenvalue weighted by Gasteiger charge is 2.23. The summed E-state index contributed by atoms with van der Waals surface area (Å²) in [7, 11) is 1.70. The maximum atomic E-state index is 6.05. The van der Waals surface area contributed by atoms with Gasteiger partial charge in [-0.15, -0.1) is 0 Å². The molecule has 0 amide bonds. The number of benzene rings is 1. The molecule has 0 bridgehead atoms. The lowest BCUT2D eigenvalue weighted by Gasteiger charge is -2.28. The molecule has 0 fully saturated rings. The summed E-state index contributed by atoms with van der Waals surface area (Å²) in [5.41, 5.74) is 4.11. The molecule has 1 aromatic rings. The van der Waals surface area contributed by atoms with Crippen LogP contribution in [0.3, 0.4) is 0 Å². The Hall–Kier alpha value is -1.54. The highest BCUT2D eigenvalue weighted by Crippen LogP contribution is 2.38. The van der Waals surface area contributed by atoms with Crippen LogP contribution in [0.25, 0.3) is 0 Å². The zero-order chi connectivity index (χ0) is 13.8. The van der Waals surface area contributed by atoms with E-state index < -0.39 is 0 Å². The Morgan fingerprint density at radius 1 is 1.05 bits per heavy atom. The fourth-order valence-corrected chi connectivity index (χ4v) is 3.05. The van der Waals surface area contributed by atoms with Crippen LogP contribution in [0.2, 0.25) is 0 Å². The third-order valence-electron chi connectivity index (χ3n) is 4.13. The first-order valence-electron chi connectivity index (χ1n) is 7.53. The van der Waals surface area contributed by atoms with E-state index in [0.29, 0.717) is 0 Å². The van der Waals surface area contributed by atoms with Gasteiger partial charge in [0.2, 0.25) is 0 Å². The van der Waals surface area contributed by atoms with Gasteiger partial charge in [-0.1, -0.05) is 24.3 Å². The van der Waals surface area contributed by atoms with Gasteiger partial charge in [-0.05, 0) is 60.9 Å². The molecule has 1 aliphatic heterocycles. The van der Waals surface area contributed by atoms with Crippen molar-refractivity contribution in [1.82, 2.24) is 0 Å². The van der Waals surface area contributed by atoms with Crippen LogP contribution in [0, 0.1) is 0 Å². The molecule has 0 saturated heterocycles. The summed E-state index contributed by atoms with van der Waals surface area (Å²) in [6.07, 6.45) is 10.9. The van der Waals surface area contributed by atoms with E-state index >= 15 is 0 Å². The number of rotatable bonds is 3. The molecule has 0 saturated carbocycles. The second-order valence-electron chi connectivity index (χ2n) is 5.45. The molecule has 3 rings (SSSR count). The molecule has 1 unspecified atom stereocenters. The zero-order valence-corrected chi connectivity index (χ0v) is 12.1. The predicted molar refractivity (Wildman–Crippen MR) is 80.9 cm³/mol. The zero-order valence-electron chi connectivity index (χ0n) is 12.1. The van der Waals surface area contributed by atoms with Gasteiger partial charge >= 0.3 is 0 Å². The van der Waals surface area contributed by atoms with Gasteiger partial charge in [-0.3, -0.25) is 0 Å². The summed E-state index contributed by atoms with van der Waals surface area (Å²) < 4.78 is 11.3. The molecule has 0 aromatic heterocycles. The minimum absolute atomic E-state index is 0.0963. The first kappa shape index (κ1) is 13.4. The van der Waals surface area contributed by atoms with Gasteiger partial charge in [-0.2, -0.15) is 0 Å². The van der Waals surface area contributed by atoms with Crippen LogP contribution in [0.4, 0.5) is 0 Å². The van der Waals surface area contributed by atoms with Gasteiger partial charge in [0.1, 0.15) is 11.9 Å². The second-order valence-corrected chi connectivity index (χ2v) is 5.45. The molecule has 1 atom stereocenters. The van der Waals surface area contributed by atoms with Crippen molar-refractivity contribution in [2.75, 3.05) is 13.7 Å². The van der Waals surface area contributed by atoms with Gasteiger partial charge < -0.3 is 9.47 Å². The van der Waals surface area contributed by atoms with E-state index in [1.165, 1.54) is 42.4 Å². The first-order chi connectivity index (χ1) is 9.88. The van der Waals surface area contributed by atoms with Crippen molar-refractivity contribution in [3.8, 4) is 5.75 Å². The minimum atomic E-state index is 0.0963. The highest BCUT2D eigenvalue weighted by atomic mass is 16.5. The third kappa shape index (κ3) is 2.80. The largest absolute Gasteiger partial charge is 0.497 e. The van der Waals surface area contributed by atoms with E-state index in [1.807, 2.05) is 12.1 Å². The average molecular weight is 270 g/mol. The standard InChI is InChI=1S/C18H22O2/c1-19-16-11-9-15(10-12-16)18-17(8-5-13-20-18)14-6-3-2-4-7-14/h6,8-12,18H,2-5,7,13H2,1H3. The van der Waals surface area contributed by atoms with Crippen LogP contribution < -0.4 is 4.74 Å². The van der Waals surface area contributed by atoms with Gasteiger partial charge in [0.15, 0.2) is 0 Å². The van der Waals surface area contributed by atoms with Crippen molar-refractivity contribution >= 4 is 0 Å². The van der Waals surface area contributed by atoms with E-state index in [9.17, 15) is 0 Å². The average Bonchev–Trinajstić information content (AvgIpc) is 2.56. The normalized spacial score (nSPS) is 22.9. The lowest BCUT2D eigenvalue weighted by atomic mass is 9.86. The molecular weight excluding hydrogens is 248 g/mol. The maximum absolute atomic E-state index is 6.05. The van der Waals surface area contributed by atoms with Crippen LogP contribution in [0.1, 0.15) is 43.8 Å². The number of allylic oxidation sites excluding steroid dienone is 1. The van der Waals surface area contributed by atoms with Crippen LogP contribution in [-0.4, -0.2) is 13.7 Å². The van der Waals surface area contributed by atoms with Gasteiger partial charge in [0.05, 0.1) is 13.7 Å². The fourth-order valence-electron chi connectivity index (χ4n) is 3.05. The molecule has 2 heteroatoms. The number of methoxy groups -OCH3 is 1. The molecule has 1 aliphatic carbocycles. The Morgan fingerprint density at radius 3 is 2.60 bits per heavy atom. The van der Waals surface area contributed by atoms with Crippen molar-refractivity contribution in [2.45, 2.75) is 38.2 Å².